The molecule has 0 saturated heterocycles. The van der Waals surface area contributed by atoms with Gasteiger partial charge in [0.2, 0.25) is 0 Å². The van der Waals surface area contributed by atoms with Crippen LogP contribution in [0.5, 0.6) is 5.75 Å². The quantitative estimate of drug-likeness (QED) is 0.809. The summed E-state index contributed by atoms with van der Waals surface area (Å²) in [5.41, 5.74) is 0.831. The maximum absolute atomic E-state index is 12.3. The lowest BCUT2D eigenvalue weighted by Gasteiger charge is -2.20. The molecule has 1 aromatic rings. The van der Waals surface area contributed by atoms with Crippen molar-refractivity contribution >= 4 is 0 Å². The van der Waals surface area contributed by atoms with Gasteiger partial charge in [-0.25, -0.2) is 0 Å². The van der Waals surface area contributed by atoms with Gasteiger partial charge in [0.1, 0.15) is 5.75 Å². The predicted octanol–water partition coefficient (Wildman–Crippen LogP) is 4.08. The van der Waals surface area contributed by atoms with Crippen molar-refractivity contribution in [2.75, 3.05) is 13.7 Å². The minimum Gasteiger partial charge on any atom is -0.497 e. The van der Waals surface area contributed by atoms with Crippen molar-refractivity contribution in [1.29, 1.82) is 0 Å². The zero-order chi connectivity index (χ0) is 14.3. The second kappa shape index (κ2) is 7.38. The molecule has 108 valence electrons. The molecule has 0 radical (unpaired) electrons. The second-order valence-electron chi connectivity index (χ2n) is 4.44. The first-order valence-electron chi connectivity index (χ1n) is 6.40. The molecular weight excluding hydrogens is 255 g/mol. The van der Waals surface area contributed by atoms with E-state index in [1.54, 1.807) is 25.3 Å². The van der Waals surface area contributed by atoms with E-state index in [0.29, 0.717) is 12.3 Å². The van der Waals surface area contributed by atoms with E-state index in [1.165, 1.54) is 0 Å². The topological polar surface area (TPSA) is 21.3 Å². The molecule has 0 amide bonds. The summed E-state index contributed by atoms with van der Waals surface area (Å²) < 4.78 is 42.1. The molecule has 0 aliphatic rings. The third-order valence-electron chi connectivity index (χ3n) is 2.85. The zero-order valence-corrected chi connectivity index (χ0v) is 11.3. The second-order valence-corrected chi connectivity index (χ2v) is 4.44. The number of hydrogen-bond acceptors (Lipinski definition) is 2. The Bertz CT molecular complexity index is 379. The van der Waals surface area contributed by atoms with Gasteiger partial charge in [-0.1, -0.05) is 19.1 Å². The number of nitrogens with one attached hydrogen (secondary N) is 1. The van der Waals surface area contributed by atoms with E-state index in [1.807, 2.05) is 13.0 Å². The molecule has 1 aromatic carbocycles. The first-order valence-corrected chi connectivity index (χ1v) is 6.40. The van der Waals surface area contributed by atoms with Gasteiger partial charge in [-0.05, 0) is 37.1 Å². The number of benzene rings is 1. The summed E-state index contributed by atoms with van der Waals surface area (Å²) in [6.07, 6.45) is -3.99. The third-order valence-corrected chi connectivity index (χ3v) is 2.85. The number of halogens is 3. The van der Waals surface area contributed by atoms with Crippen molar-refractivity contribution in [2.24, 2.45) is 0 Å². The first-order chi connectivity index (χ1) is 8.96. The molecule has 2 nitrogen and oxygen atoms in total. The normalized spacial score (nSPS) is 13.3. The van der Waals surface area contributed by atoms with Crippen LogP contribution >= 0.6 is 0 Å². The average Bonchev–Trinajstić information content (AvgIpc) is 2.38. The Balaban J connectivity index is 2.76. The van der Waals surface area contributed by atoms with Gasteiger partial charge in [-0.2, -0.15) is 13.2 Å². The summed E-state index contributed by atoms with van der Waals surface area (Å²) in [6, 6.07) is 6.89. The summed E-state index contributed by atoms with van der Waals surface area (Å²) in [5.74, 6) is 0.660. The molecule has 0 aromatic heterocycles. The van der Waals surface area contributed by atoms with Crippen molar-refractivity contribution in [3.8, 4) is 5.75 Å². The maximum Gasteiger partial charge on any atom is 0.389 e. The molecule has 1 unspecified atom stereocenters. The standard InChI is InChI=1S/C14H20F3NO/c1-3-9-18-13(7-8-14(15,16)17)11-5-4-6-12(10-11)19-2/h4-6,10,13,18H,3,7-9H2,1-2H3. The van der Waals surface area contributed by atoms with Crippen LogP contribution in [0.2, 0.25) is 0 Å². The highest BCUT2D eigenvalue weighted by Crippen LogP contribution is 2.28. The third kappa shape index (κ3) is 5.96. The largest absolute Gasteiger partial charge is 0.497 e. The lowest BCUT2D eigenvalue weighted by Crippen LogP contribution is -2.24. The van der Waals surface area contributed by atoms with Crippen LogP contribution in [0.15, 0.2) is 24.3 Å². The molecule has 19 heavy (non-hydrogen) atoms. The van der Waals surface area contributed by atoms with E-state index in [0.717, 1.165) is 12.0 Å². The molecule has 0 heterocycles. The molecule has 0 fully saturated rings. The zero-order valence-electron chi connectivity index (χ0n) is 11.3. The fourth-order valence-electron chi connectivity index (χ4n) is 1.87. The van der Waals surface area contributed by atoms with Crippen LogP contribution in [0.4, 0.5) is 13.2 Å². The molecular formula is C14H20F3NO. The summed E-state index contributed by atoms with van der Waals surface area (Å²) in [6.45, 7) is 2.68. The lowest BCUT2D eigenvalue weighted by molar-refractivity contribution is -0.136. The van der Waals surface area contributed by atoms with Gasteiger partial charge < -0.3 is 10.1 Å². The number of rotatable bonds is 7. The van der Waals surface area contributed by atoms with Crippen LogP contribution in [-0.4, -0.2) is 19.8 Å². The molecule has 1 rings (SSSR count). The van der Waals surface area contributed by atoms with Crippen LogP contribution in [0, 0.1) is 0 Å². The van der Waals surface area contributed by atoms with Gasteiger partial charge >= 0.3 is 6.18 Å². The Morgan fingerprint density at radius 3 is 2.63 bits per heavy atom. The van der Waals surface area contributed by atoms with Gasteiger partial charge in [0.15, 0.2) is 0 Å². The van der Waals surface area contributed by atoms with Crippen molar-refractivity contribution in [3.05, 3.63) is 29.8 Å². The van der Waals surface area contributed by atoms with Crippen LogP contribution in [0.3, 0.4) is 0 Å². The summed E-state index contributed by atoms with van der Waals surface area (Å²) in [5, 5.41) is 3.15. The monoisotopic (exact) mass is 275 g/mol. The summed E-state index contributed by atoms with van der Waals surface area (Å²) in [7, 11) is 1.54. The van der Waals surface area contributed by atoms with Gasteiger partial charge in [-0.15, -0.1) is 0 Å². The molecule has 5 heteroatoms. The Morgan fingerprint density at radius 1 is 1.32 bits per heavy atom. The van der Waals surface area contributed by atoms with Crippen molar-refractivity contribution in [3.63, 3.8) is 0 Å². The predicted molar refractivity (Wildman–Crippen MR) is 69.3 cm³/mol. The van der Waals surface area contributed by atoms with Crippen LogP contribution < -0.4 is 10.1 Å². The Kier molecular flexibility index (Phi) is 6.15. The van der Waals surface area contributed by atoms with Crippen LogP contribution in [-0.2, 0) is 0 Å². The Labute approximate surface area is 112 Å². The van der Waals surface area contributed by atoms with E-state index < -0.39 is 12.6 Å². The van der Waals surface area contributed by atoms with Crippen molar-refractivity contribution in [1.82, 2.24) is 5.32 Å². The highest BCUT2D eigenvalue weighted by atomic mass is 19.4. The maximum atomic E-state index is 12.3. The Hall–Kier alpha value is -1.23. The van der Waals surface area contributed by atoms with Gasteiger partial charge in [0.25, 0.3) is 0 Å². The smallest absolute Gasteiger partial charge is 0.389 e. The number of ether oxygens (including phenoxy) is 1. The minimum absolute atomic E-state index is 0.0384. The van der Waals surface area contributed by atoms with Crippen LogP contribution in [0.1, 0.15) is 37.8 Å². The molecule has 1 N–H and O–H groups in total. The van der Waals surface area contributed by atoms with Gasteiger partial charge in [0.05, 0.1) is 7.11 Å². The van der Waals surface area contributed by atoms with E-state index in [4.69, 9.17) is 4.74 Å². The van der Waals surface area contributed by atoms with Gasteiger partial charge in [0, 0.05) is 12.5 Å². The summed E-state index contributed by atoms with van der Waals surface area (Å²) in [4.78, 5) is 0. The highest BCUT2D eigenvalue weighted by Gasteiger charge is 2.28. The molecule has 1 atom stereocenters. The van der Waals surface area contributed by atoms with E-state index in [-0.39, 0.29) is 12.5 Å². The van der Waals surface area contributed by atoms with E-state index in [2.05, 4.69) is 5.32 Å². The van der Waals surface area contributed by atoms with E-state index >= 15 is 0 Å². The number of alkyl halides is 3. The van der Waals surface area contributed by atoms with Crippen molar-refractivity contribution in [2.45, 2.75) is 38.4 Å². The average molecular weight is 275 g/mol. The fraction of sp³-hybridized carbons (Fsp3) is 0.571. The molecule has 0 bridgehead atoms. The highest BCUT2D eigenvalue weighted by molar-refractivity contribution is 5.30. The fourth-order valence-corrected chi connectivity index (χ4v) is 1.87. The SMILES string of the molecule is CCCNC(CCC(F)(F)F)c1cccc(OC)c1. The molecule has 0 saturated carbocycles. The molecule has 0 spiro atoms. The lowest BCUT2D eigenvalue weighted by atomic mass is 10.0. The van der Waals surface area contributed by atoms with Gasteiger partial charge in [-0.3, -0.25) is 0 Å². The number of hydrogen-bond donors (Lipinski definition) is 1. The Morgan fingerprint density at radius 2 is 2.05 bits per heavy atom. The van der Waals surface area contributed by atoms with E-state index in [9.17, 15) is 13.2 Å². The van der Waals surface area contributed by atoms with Crippen LogP contribution in [0.25, 0.3) is 0 Å². The first kappa shape index (κ1) is 15.8. The number of methoxy groups -OCH3 is 1. The summed E-state index contributed by atoms with van der Waals surface area (Å²) >= 11 is 0. The minimum atomic E-state index is -4.12. The van der Waals surface area contributed by atoms with Crippen molar-refractivity contribution < 1.29 is 17.9 Å². The molecule has 0 aliphatic carbocycles. The molecule has 0 aliphatic heterocycles.